The van der Waals surface area contributed by atoms with Gasteiger partial charge in [-0.1, -0.05) is 49.2 Å². The van der Waals surface area contributed by atoms with Gasteiger partial charge in [-0.3, -0.25) is 9.98 Å². The number of aromatic hydroxyl groups is 6. The SMILES string of the molecule is Cc1cc(C=N[C@H]2CCCC[C@@H]2N=Cc2cc(C)cc(C(c3cc(O)c(C)cc3C)c3cc(O)c(C)cc3C)c2O)c(O)c(C(c2cc(O)c(C)cc2C)c2cc(O)c(C)cc2C)c1. The van der Waals surface area contributed by atoms with Gasteiger partial charge < -0.3 is 30.6 Å². The number of hydrogen-bond acceptors (Lipinski definition) is 8. The molecule has 6 aromatic rings. The zero-order valence-corrected chi connectivity index (χ0v) is 38.8. The van der Waals surface area contributed by atoms with Crippen molar-refractivity contribution in [1.82, 2.24) is 0 Å². The van der Waals surface area contributed by atoms with Gasteiger partial charge in [0.2, 0.25) is 0 Å². The van der Waals surface area contributed by atoms with Crippen molar-refractivity contribution in [1.29, 1.82) is 0 Å². The Bertz CT molecular complexity index is 2530. The molecular formula is C56H62N2O6. The van der Waals surface area contributed by atoms with E-state index in [1.54, 1.807) is 36.7 Å². The summed E-state index contributed by atoms with van der Waals surface area (Å²) in [5.74, 6) is -0.183. The van der Waals surface area contributed by atoms with Gasteiger partial charge in [0.25, 0.3) is 0 Å². The lowest BCUT2D eigenvalue weighted by Crippen LogP contribution is -2.27. The van der Waals surface area contributed by atoms with Crippen LogP contribution in [0.15, 0.2) is 82.8 Å². The van der Waals surface area contributed by atoms with Crippen LogP contribution < -0.4 is 0 Å². The van der Waals surface area contributed by atoms with Gasteiger partial charge in [0.1, 0.15) is 34.5 Å². The Hall–Kier alpha value is -6.54. The van der Waals surface area contributed by atoms with Gasteiger partial charge in [0.05, 0.1) is 12.1 Å². The molecule has 1 saturated carbocycles. The molecule has 0 saturated heterocycles. The van der Waals surface area contributed by atoms with Gasteiger partial charge in [-0.05, 0) is 196 Å². The standard InChI is InChI=1S/C56H62N2O6/c1-29-15-39(55(63)45(17-29)53(41-23-49(59)35(7)19-31(41)3)42-24-50(60)36(8)20-32(42)4)27-57-47-13-11-12-14-48(47)58-28-40-16-30(2)18-46(56(40)64)54(43-25-51(61)37(9)21-33(43)5)44-26-52(62)38(10)22-34(44)6/h15-28,47-48,53-54,59-64H,11-14H2,1-10H3/t47-,48-/m0/s1. The number of nitrogens with zero attached hydrogens (tertiary/aromatic N) is 2. The number of hydrogen-bond donors (Lipinski definition) is 6. The molecule has 8 heteroatoms. The lowest BCUT2D eigenvalue weighted by Gasteiger charge is -2.27. The Morgan fingerprint density at radius 2 is 0.656 bits per heavy atom. The molecule has 0 unspecified atom stereocenters. The zero-order chi connectivity index (χ0) is 46.3. The number of aryl methyl sites for hydroxylation is 10. The molecular weight excluding hydrogens is 797 g/mol. The molecule has 0 aliphatic heterocycles. The van der Waals surface area contributed by atoms with Crippen LogP contribution in [0.1, 0.15) is 138 Å². The minimum atomic E-state index is -0.496. The van der Waals surface area contributed by atoms with E-state index in [4.69, 9.17) is 9.98 Å². The topological polar surface area (TPSA) is 146 Å². The molecule has 0 heterocycles. The zero-order valence-electron chi connectivity index (χ0n) is 38.8. The number of phenols is 6. The van der Waals surface area contributed by atoms with Crippen molar-refractivity contribution in [3.63, 3.8) is 0 Å². The van der Waals surface area contributed by atoms with E-state index in [0.717, 1.165) is 104 Å². The monoisotopic (exact) mass is 858 g/mol. The van der Waals surface area contributed by atoms with Crippen LogP contribution in [0, 0.1) is 69.2 Å². The van der Waals surface area contributed by atoms with Crippen LogP contribution in [-0.4, -0.2) is 55.2 Å². The van der Waals surface area contributed by atoms with Crippen LogP contribution in [-0.2, 0) is 0 Å². The van der Waals surface area contributed by atoms with E-state index in [9.17, 15) is 30.6 Å². The molecule has 64 heavy (non-hydrogen) atoms. The third-order valence-electron chi connectivity index (χ3n) is 13.3. The number of phenolic OH excluding ortho intramolecular Hbond substituents is 6. The number of benzene rings is 6. The smallest absolute Gasteiger partial charge is 0.128 e. The van der Waals surface area contributed by atoms with Gasteiger partial charge in [-0.25, -0.2) is 0 Å². The maximum Gasteiger partial charge on any atom is 0.128 e. The van der Waals surface area contributed by atoms with Crippen molar-refractivity contribution in [3.8, 4) is 34.5 Å². The Kier molecular flexibility index (Phi) is 13.0. The predicted octanol–water partition coefficient (Wildman–Crippen LogP) is 12.2. The van der Waals surface area contributed by atoms with E-state index < -0.39 is 11.8 Å². The molecule has 0 aromatic heterocycles. The van der Waals surface area contributed by atoms with Crippen LogP contribution in [0.4, 0.5) is 0 Å². The largest absolute Gasteiger partial charge is 0.508 e. The van der Waals surface area contributed by atoms with Crippen molar-refractivity contribution >= 4 is 12.4 Å². The van der Waals surface area contributed by atoms with Crippen LogP contribution in [0.3, 0.4) is 0 Å². The first kappa shape index (κ1) is 45.5. The van der Waals surface area contributed by atoms with Crippen molar-refractivity contribution < 1.29 is 30.6 Å². The van der Waals surface area contributed by atoms with E-state index >= 15 is 0 Å². The average molecular weight is 859 g/mol. The molecule has 0 radical (unpaired) electrons. The summed E-state index contributed by atoms with van der Waals surface area (Å²) >= 11 is 0. The summed E-state index contributed by atoms with van der Waals surface area (Å²) in [7, 11) is 0. The fourth-order valence-electron chi connectivity index (χ4n) is 9.78. The molecule has 1 aliphatic carbocycles. The van der Waals surface area contributed by atoms with Crippen molar-refractivity contribution in [2.75, 3.05) is 0 Å². The Labute approximate surface area is 378 Å². The van der Waals surface area contributed by atoms with Crippen LogP contribution in [0.5, 0.6) is 34.5 Å². The second kappa shape index (κ2) is 18.3. The molecule has 6 N–H and O–H groups in total. The quantitative estimate of drug-likeness (QED) is 0.0597. The van der Waals surface area contributed by atoms with E-state index in [0.29, 0.717) is 22.3 Å². The van der Waals surface area contributed by atoms with Gasteiger partial charge >= 0.3 is 0 Å². The first-order valence-corrected chi connectivity index (χ1v) is 22.3. The second-order valence-corrected chi connectivity index (χ2v) is 18.4. The molecule has 0 bridgehead atoms. The lowest BCUT2D eigenvalue weighted by molar-refractivity contribution is 0.390. The summed E-state index contributed by atoms with van der Waals surface area (Å²) in [5, 5.41) is 68.0. The fraction of sp³-hybridized carbons (Fsp3) is 0.321. The minimum Gasteiger partial charge on any atom is -0.508 e. The summed E-state index contributed by atoms with van der Waals surface area (Å²) in [6, 6.07) is 22.3. The van der Waals surface area contributed by atoms with Gasteiger partial charge in [-0.15, -0.1) is 0 Å². The van der Waals surface area contributed by atoms with Gasteiger partial charge in [0, 0.05) is 46.5 Å². The summed E-state index contributed by atoms with van der Waals surface area (Å²) in [4.78, 5) is 10.2. The highest BCUT2D eigenvalue weighted by Crippen LogP contribution is 2.46. The Morgan fingerprint density at radius 3 is 0.938 bits per heavy atom. The molecule has 332 valence electrons. The van der Waals surface area contributed by atoms with Crippen LogP contribution in [0.25, 0.3) is 0 Å². The molecule has 0 amide bonds. The average Bonchev–Trinajstić information content (AvgIpc) is 3.23. The molecule has 7 rings (SSSR count). The fourth-order valence-corrected chi connectivity index (χ4v) is 9.78. The highest BCUT2D eigenvalue weighted by molar-refractivity contribution is 5.86. The van der Waals surface area contributed by atoms with E-state index in [2.05, 4.69) is 0 Å². The number of aliphatic imine (C=N–C) groups is 2. The van der Waals surface area contributed by atoms with Gasteiger partial charge in [-0.2, -0.15) is 0 Å². The van der Waals surface area contributed by atoms with Gasteiger partial charge in [0.15, 0.2) is 0 Å². The maximum atomic E-state index is 12.2. The molecule has 1 fully saturated rings. The third-order valence-corrected chi connectivity index (χ3v) is 13.3. The Balaban J connectivity index is 1.26. The van der Waals surface area contributed by atoms with E-state index in [-0.39, 0.29) is 46.6 Å². The predicted molar refractivity (Wildman–Crippen MR) is 259 cm³/mol. The minimum absolute atomic E-state index is 0.0789. The van der Waals surface area contributed by atoms with E-state index in [1.807, 2.05) is 118 Å². The normalized spacial score (nSPS) is 15.6. The van der Waals surface area contributed by atoms with Crippen molar-refractivity contribution in [3.05, 3.63) is 173 Å². The maximum absolute atomic E-state index is 12.2. The lowest BCUT2D eigenvalue weighted by atomic mass is 9.79. The molecule has 1 aliphatic rings. The highest BCUT2D eigenvalue weighted by atomic mass is 16.3. The number of rotatable bonds is 10. The summed E-state index contributed by atoms with van der Waals surface area (Å²) in [5.41, 5.74) is 14.4. The summed E-state index contributed by atoms with van der Waals surface area (Å²) < 4.78 is 0. The highest BCUT2D eigenvalue weighted by Gasteiger charge is 2.30. The first-order valence-electron chi connectivity index (χ1n) is 22.3. The summed E-state index contributed by atoms with van der Waals surface area (Å²) in [6.45, 7) is 19.4. The van der Waals surface area contributed by atoms with Crippen LogP contribution in [0.2, 0.25) is 0 Å². The molecule has 6 aromatic carbocycles. The molecule has 0 spiro atoms. The molecule has 2 atom stereocenters. The Morgan fingerprint density at radius 1 is 0.375 bits per heavy atom. The van der Waals surface area contributed by atoms with Crippen molar-refractivity contribution in [2.24, 2.45) is 9.98 Å². The van der Waals surface area contributed by atoms with Crippen LogP contribution >= 0.6 is 0 Å². The first-order chi connectivity index (χ1) is 30.3. The van der Waals surface area contributed by atoms with Crippen molar-refractivity contribution in [2.45, 2.75) is 119 Å². The third kappa shape index (κ3) is 9.10. The van der Waals surface area contributed by atoms with E-state index in [1.165, 1.54) is 0 Å². The summed E-state index contributed by atoms with van der Waals surface area (Å²) in [6.07, 6.45) is 7.10. The molecule has 8 nitrogen and oxygen atoms in total. The second-order valence-electron chi connectivity index (χ2n) is 18.4.